The van der Waals surface area contributed by atoms with Crippen LogP contribution >= 0.6 is 12.6 Å². The van der Waals surface area contributed by atoms with Crippen molar-refractivity contribution >= 4 is 29.5 Å². The Morgan fingerprint density at radius 1 is 1.00 bits per heavy atom. The van der Waals surface area contributed by atoms with Gasteiger partial charge in [0.2, 0.25) is 0 Å². The van der Waals surface area contributed by atoms with Crippen LogP contribution in [0.25, 0.3) is 16.8 Å². The molecule has 0 aliphatic carbocycles. The minimum atomic E-state index is 0.904. The Morgan fingerprint density at radius 2 is 1.80 bits per heavy atom. The van der Waals surface area contributed by atoms with E-state index in [9.17, 15) is 0 Å². The van der Waals surface area contributed by atoms with E-state index in [0.29, 0.717) is 0 Å². The lowest BCUT2D eigenvalue weighted by atomic mass is 10.0. The van der Waals surface area contributed by atoms with Crippen LogP contribution in [0.1, 0.15) is 12.0 Å². The van der Waals surface area contributed by atoms with Gasteiger partial charge in [0.05, 0.1) is 0 Å². The van der Waals surface area contributed by atoms with Crippen LogP contribution in [0.3, 0.4) is 0 Å². The Kier molecular flexibility index (Phi) is 3.46. The van der Waals surface area contributed by atoms with Gasteiger partial charge < -0.3 is 0 Å². The molecule has 0 nitrogen and oxygen atoms in total. The second kappa shape index (κ2) is 5.04. The number of benzene rings is 2. The van der Waals surface area contributed by atoms with Crippen LogP contribution in [-0.2, 0) is 0 Å². The van der Waals surface area contributed by atoms with E-state index in [0.717, 1.165) is 12.2 Å². The molecule has 0 aromatic heterocycles. The van der Waals surface area contributed by atoms with Crippen LogP contribution in [0.5, 0.6) is 0 Å². The summed E-state index contributed by atoms with van der Waals surface area (Å²) in [5.41, 5.74) is 1.29. The third kappa shape index (κ3) is 2.42. The maximum atomic E-state index is 4.19. The average Bonchev–Trinajstić information content (AvgIpc) is 2.30. The molecule has 0 bridgehead atoms. The van der Waals surface area contributed by atoms with Crippen LogP contribution in [0.4, 0.5) is 0 Å². The summed E-state index contributed by atoms with van der Waals surface area (Å²) < 4.78 is 0. The molecule has 2 rings (SSSR count). The molecule has 0 N–H and O–H groups in total. The maximum absolute atomic E-state index is 4.19. The van der Waals surface area contributed by atoms with E-state index in [1.54, 1.807) is 0 Å². The Balaban J connectivity index is 2.42. The topological polar surface area (TPSA) is 0 Å². The molecule has 1 heteroatoms. The SMILES string of the molecule is SCCC=Cc1cccc2ccccc12. The van der Waals surface area contributed by atoms with Crippen LogP contribution in [-0.4, -0.2) is 5.75 Å². The van der Waals surface area contributed by atoms with Gasteiger partial charge >= 0.3 is 0 Å². The average molecular weight is 214 g/mol. The number of fused-ring (bicyclic) bond motifs is 1. The minimum absolute atomic E-state index is 0.904. The van der Waals surface area contributed by atoms with Gasteiger partial charge in [-0.3, -0.25) is 0 Å². The van der Waals surface area contributed by atoms with Gasteiger partial charge in [0.1, 0.15) is 0 Å². The quantitative estimate of drug-likeness (QED) is 0.728. The van der Waals surface area contributed by atoms with Gasteiger partial charge in [-0.1, -0.05) is 54.6 Å². The van der Waals surface area contributed by atoms with Crippen molar-refractivity contribution in [1.82, 2.24) is 0 Å². The summed E-state index contributed by atoms with van der Waals surface area (Å²) in [4.78, 5) is 0. The number of hydrogen-bond donors (Lipinski definition) is 1. The Labute approximate surface area is 96.0 Å². The molecule has 2 aromatic carbocycles. The fourth-order valence-electron chi connectivity index (χ4n) is 1.68. The maximum Gasteiger partial charge on any atom is -0.00632 e. The first kappa shape index (κ1) is 10.3. The predicted octanol–water partition coefficient (Wildman–Crippen LogP) is 4.17. The van der Waals surface area contributed by atoms with Gasteiger partial charge in [-0.2, -0.15) is 12.6 Å². The summed E-state index contributed by atoms with van der Waals surface area (Å²) in [6, 6.07) is 14.9. The summed E-state index contributed by atoms with van der Waals surface area (Å²) in [6.45, 7) is 0. The zero-order chi connectivity index (χ0) is 10.5. The second-order valence-corrected chi connectivity index (χ2v) is 3.93. The molecule has 0 atom stereocenters. The van der Waals surface area contributed by atoms with Gasteiger partial charge in [0.15, 0.2) is 0 Å². The van der Waals surface area contributed by atoms with E-state index in [-0.39, 0.29) is 0 Å². The fraction of sp³-hybridized carbons (Fsp3) is 0.143. The summed E-state index contributed by atoms with van der Waals surface area (Å²) in [5.74, 6) is 0.904. The van der Waals surface area contributed by atoms with Crippen LogP contribution in [0.2, 0.25) is 0 Å². The van der Waals surface area contributed by atoms with Crippen molar-refractivity contribution in [2.45, 2.75) is 6.42 Å². The molecule has 2 aromatic rings. The Hall–Kier alpha value is -1.21. The molecular formula is C14H14S. The molecule has 0 spiro atoms. The lowest BCUT2D eigenvalue weighted by molar-refractivity contribution is 1.26. The molecule has 0 saturated carbocycles. The highest BCUT2D eigenvalue weighted by Gasteiger charge is 1.95. The van der Waals surface area contributed by atoms with E-state index in [2.05, 4.69) is 67.2 Å². The van der Waals surface area contributed by atoms with Crippen LogP contribution < -0.4 is 0 Å². The summed E-state index contributed by atoms with van der Waals surface area (Å²) in [7, 11) is 0. The van der Waals surface area contributed by atoms with E-state index in [1.165, 1.54) is 16.3 Å². The monoisotopic (exact) mass is 214 g/mol. The highest BCUT2D eigenvalue weighted by molar-refractivity contribution is 7.80. The van der Waals surface area contributed by atoms with Crippen molar-refractivity contribution in [3.05, 3.63) is 54.1 Å². The van der Waals surface area contributed by atoms with Gasteiger partial charge in [-0.05, 0) is 28.5 Å². The molecule has 0 radical (unpaired) electrons. The highest BCUT2D eigenvalue weighted by atomic mass is 32.1. The van der Waals surface area contributed by atoms with Crippen molar-refractivity contribution < 1.29 is 0 Å². The van der Waals surface area contributed by atoms with Gasteiger partial charge in [0.25, 0.3) is 0 Å². The zero-order valence-electron chi connectivity index (χ0n) is 8.56. The van der Waals surface area contributed by atoms with Crippen molar-refractivity contribution in [3.63, 3.8) is 0 Å². The third-order valence-corrected chi connectivity index (χ3v) is 2.67. The number of hydrogen-bond acceptors (Lipinski definition) is 1. The normalized spacial score (nSPS) is 11.3. The standard InChI is InChI=1S/C14H14S/c15-11-4-3-7-13-9-5-8-12-6-1-2-10-14(12)13/h1-3,5-10,15H,4,11H2. The smallest absolute Gasteiger partial charge is 0.00632 e. The molecule has 76 valence electrons. The van der Waals surface area contributed by atoms with Gasteiger partial charge in [0, 0.05) is 0 Å². The number of rotatable bonds is 3. The first-order valence-electron chi connectivity index (χ1n) is 5.17. The molecule has 0 saturated heterocycles. The molecule has 0 heterocycles. The summed E-state index contributed by atoms with van der Waals surface area (Å²) in [6.07, 6.45) is 5.37. The molecule has 0 aliphatic heterocycles. The van der Waals surface area contributed by atoms with Crippen molar-refractivity contribution in [1.29, 1.82) is 0 Å². The summed E-state index contributed by atoms with van der Waals surface area (Å²) in [5, 5.41) is 2.61. The van der Waals surface area contributed by atoms with E-state index < -0.39 is 0 Å². The lowest BCUT2D eigenvalue weighted by Crippen LogP contribution is -1.77. The van der Waals surface area contributed by atoms with Gasteiger partial charge in [-0.15, -0.1) is 0 Å². The van der Waals surface area contributed by atoms with Crippen molar-refractivity contribution in [2.75, 3.05) is 5.75 Å². The first-order valence-corrected chi connectivity index (χ1v) is 5.80. The number of allylic oxidation sites excluding steroid dienone is 1. The van der Waals surface area contributed by atoms with Crippen molar-refractivity contribution in [2.24, 2.45) is 0 Å². The molecule has 0 unspecified atom stereocenters. The highest BCUT2D eigenvalue weighted by Crippen LogP contribution is 2.19. The van der Waals surface area contributed by atoms with E-state index >= 15 is 0 Å². The Morgan fingerprint density at radius 3 is 2.67 bits per heavy atom. The largest absolute Gasteiger partial charge is 0.179 e. The zero-order valence-corrected chi connectivity index (χ0v) is 9.45. The Bertz CT molecular complexity index is 466. The molecular weight excluding hydrogens is 200 g/mol. The third-order valence-electron chi connectivity index (χ3n) is 2.42. The predicted molar refractivity (Wildman–Crippen MR) is 71.5 cm³/mol. The van der Waals surface area contributed by atoms with Gasteiger partial charge in [-0.25, -0.2) is 0 Å². The minimum Gasteiger partial charge on any atom is -0.179 e. The first-order chi connectivity index (χ1) is 7.42. The van der Waals surface area contributed by atoms with Crippen LogP contribution in [0.15, 0.2) is 48.5 Å². The fourth-order valence-corrected chi connectivity index (χ4v) is 1.83. The molecule has 0 aliphatic rings. The van der Waals surface area contributed by atoms with E-state index in [4.69, 9.17) is 0 Å². The van der Waals surface area contributed by atoms with Crippen molar-refractivity contribution in [3.8, 4) is 0 Å². The molecule has 0 fully saturated rings. The second-order valence-electron chi connectivity index (χ2n) is 3.48. The van der Waals surface area contributed by atoms with E-state index in [1.807, 2.05) is 0 Å². The van der Waals surface area contributed by atoms with Crippen LogP contribution in [0, 0.1) is 0 Å². The number of thiol groups is 1. The molecule has 0 amide bonds. The lowest BCUT2D eigenvalue weighted by Gasteiger charge is -2.01. The molecule has 15 heavy (non-hydrogen) atoms. The summed E-state index contributed by atoms with van der Waals surface area (Å²) >= 11 is 4.19.